The molecule has 0 saturated heterocycles. The summed E-state index contributed by atoms with van der Waals surface area (Å²) in [5.74, 6) is -1.90. The average molecular weight is 261 g/mol. The summed E-state index contributed by atoms with van der Waals surface area (Å²) in [6, 6.07) is 4.52. The average Bonchev–Trinajstić information content (AvgIpc) is 2.15. The first kappa shape index (κ1) is 13.0. The van der Waals surface area contributed by atoms with Crippen LogP contribution in [0.3, 0.4) is 0 Å². The number of Topliss-reactive ketones (excluding diaryl/α,β-unsaturated/α-hetero) is 1. The third-order valence-electron chi connectivity index (χ3n) is 2.12. The van der Waals surface area contributed by atoms with Crippen molar-refractivity contribution >= 4 is 35.0 Å². The van der Waals surface area contributed by atoms with E-state index in [1.165, 1.54) is 12.1 Å². The fraction of sp³-hybridized carbons (Fsp3) is 0.273. The molecule has 1 aromatic rings. The second-order valence-corrected chi connectivity index (χ2v) is 4.33. The van der Waals surface area contributed by atoms with E-state index in [9.17, 15) is 9.59 Å². The zero-order chi connectivity index (χ0) is 12.3. The SMILES string of the molecule is CC(CC(=O)O)C(=O)c1ccc(Cl)cc1Cl. The van der Waals surface area contributed by atoms with Gasteiger partial charge >= 0.3 is 5.97 Å². The normalized spacial score (nSPS) is 12.2. The largest absolute Gasteiger partial charge is 0.481 e. The molecule has 16 heavy (non-hydrogen) atoms. The van der Waals surface area contributed by atoms with Crippen molar-refractivity contribution in [2.45, 2.75) is 13.3 Å². The first-order valence-electron chi connectivity index (χ1n) is 4.63. The number of carboxylic acid groups (broad SMARTS) is 1. The molecule has 0 aromatic heterocycles. The molecule has 0 amide bonds. The third kappa shape index (κ3) is 3.22. The molecule has 5 heteroatoms. The molecule has 0 radical (unpaired) electrons. The lowest BCUT2D eigenvalue weighted by Crippen LogP contribution is -2.15. The fourth-order valence-electron chi connectivity index (χ4n) is 1.31. The first-order valence-corrected chi connectivity index (χ1v) is 5.38. The van der Waals surface area contributed by atoms with E-state index in [4.69, 9.17) is 28.3 Å². The Morgan fingerprint density at radius 1 is 1.38 bits per heavy atom. The van der Waals surface area contributed by atoms with Crippen molar-refractivity contribution in [3.05, 3.63) is 33.8 Å². The van der Waals surface area contributed by atoms with Gasteiger partial charge < -0.3 is 5.11 Å². The zero-order valence-corrected chi connectivity index (χ0v) is 10.0. The fourth-order valence-corrected chi connectivity index (χ4v) is 1.81. The lowest BCUT2D eigenvalue weighted by molar-refractivity contribution is -0.137. The Kier molecular flexibility index (Phi) is 4.33. The van der Waals surface area contributed by atoms with Crippen LogP contribution in [0.2, 0.25) is 10.0 Å². The number of aliphatic carboxylic acids is 1. The summed E-state index contributed by atoms with van der Waals surface area (Å²) in [7, 11) is 0. The van der Waals surface area contributed by atoms with Crippen LogP contribution < -0.4 is 0 Å². The molecular formula is C11H10Cl2O3. The van der Waals surface area contributed by atoms with Crippen molar-refractivity contribution in [2.24, 2.45) is 5.92 Å². The van der Waals surface area contributed by atoms with Crippen LogP contribution in [-0.4, -0.2) is 16.9 Å². The van der Waals surface area contributed by atoms with Crippen LogP contribution in [0, 0.1) is 5.92 Å². The van der Waals surface area contributed by atoms with E-state index < -0.39 is 11.9 Å². The van der Waals surface area contributed by atoms with Gasteiger partial charge in [-0.2, -0.15) is 0 Å². The monoisotopic (exact) mass is 260 g/mol. The van der Waals surface area contributed by atoms with E-state index >= 15 is 0 Å². The predicted octanol–water partition coefficient (Wildman–Crippen LogP) is 3.29. The molecule has 1 aromatic carbocycles. The molecule has 0 saturated carbocycles. The molecular weight excluding hydrogens is 251 g/mol. The molecule has 0 bridgehead atoms. The minimum Gasteiger partial charge on any atom is -0.481 e. The summed E-state index contributed by atoms with van der Waals surface area (Å²) in [6.45, 7) is 1.56. The minimum absolute atomic E-state index is 0.211. The number of carbonyl (C=O) groups excluding carboxylic acids is 1. The van der Waals surface area contributed by atoms with E-state index in [0.717, 1.165) is 0 Å². The van der Waals surface area contributed by atoms with Crippen LogP contribution >= 0.6 is 23.2 Å². The van der Waals surface area contributed by atoms with Gasteiger partial charge in [0.05, 0.1) is 11.4 Å². The van der Waals surface area contributed by atoms with Crippen molar-refractivity contribution in [3.8, 4) is 0 Å². The van der Waals surface area contributed by atoms with Crippen LogP contribution in [0.15, 0.2) is 18.2 Å². The summed E-state index contributed by atoms with van der Waals surface area (Å²) in [4.78, 5) is 22.3. The molecule has 1 atom stereocenters. The molecule has 0 heterocycles. The molecule has 0 fully saturated rings. The summed E-state index contributed by atoms with van der Waals surface area (Å²) < 4.78 is 0. The summed E-state index contributed by atoms with van der Waals surface area (Å²) >= 11 is 11.5. The van der Waals surface area contributed by atoms with E-state index in [1.807, 2.05) is 0 Å². The van der Waals surface area contributed by atoms with Crippen molar-refractivity contribution in [3.63, 3.8) is 0 Å². The molecule has 0 aliphatic carbocycles. The Hall–Kier alpha value is -1.06. The van der Waals surface area contributed by atoms with Gasteiger partial charge in [0.2, 0.25) is 0 Å². The number of carbonyl (C=O) groups is 2. The Labute approximate surface area is 103 Å². The second-order valence-electron chi connectivity index (χ2n) is 3.49. The van der Waals surface area contributed by atoms with Crippen LogP contribution in [0.1, 0.15) is 23.7 Å². The number of hydrogen-bond donors (Lipinski definition) is 1. The maximum absolute atomic E-state index is 11.8. The van der Waals surface area contributed by atoms with Gasteiger partial charge in [0.1, 0.15) is 0 Å². The summed E-state index contributed by atoms with van der Waals surface area (Å²) in [5, 5.41) is 9.27. The highest BCUT2D eigenvalue weighted by Gasteiger charge is 2.20. The number of benzene rings is 1. The number of hydrogen-bond acceptors (Lipinski definition) is 2. The van der Waals surface area contributed by atoms with E-state index in [0.29, 0.717) is 10.6 Å². The van der Waals surface area contributed by atoms with Crippen molar-refractivity contribution in [1.82, 2.24) is 0 Å². The zero-order valence-electron chi connectivity index (χ0n) is 8.54. The predicted molar refractivity (Wildman–Crippen MR) is 62.2 cm³/mol. The van der Waals surface area contributed by atoms with E-state index in [-0.39, 0.29) is 17.2 Å². The van der Waals surface area contributed by atoms with E-state index in [2.05, 4.69) is 0 Å². The maximum Gasteiger partial charge on any atom is 0.304 e. The van der Waals surface area contributed by atoms with Crippen LogP contribution in [-0.2, 0) is 4.79 Å². The minimum atomic E-state index is -1.01. The molecule has 3 nitrogen and oxygen atoms in total. The van der Waals surface area contributed by atoms with Gasteiger partial charge in [-0.3, -0.25) is 9.59 Å². The van der Waals surface area contributed by atoms with Crippen LogP contribution in [0.25, 0.3) is 0 Å². The molecule has 0 aliphatic rings. The third-order valence-corrected chi connectivity index (χ3v) is 2.67. The quantitative estimate of drug-likeness (QED) is 0.846. The highest BCUT2D eigenvalue weighted by Crippen LogP contribution is 2.24. The lowest BCUT2D eigenvalue weighted by atomic mass is 9.96. The van der Waals surface area contributed by atoms with Gasteiger partial charge in [-0.05, 0) is 18.2 Å². The Morgan fingerprint density at radius 2 is 2.00 bits per heavy atom. The Bertz CT molecular complexity index is 429. The van der Waals surface area contributed by atoms with Gasteiger partial charge in [0.15, 0.2) is 5.78 Å². The second kappa shape index (κ2) is 5.32. The lowest BCUT2D eigenvalue weighted by Gasteiger charge is -2.09. The van der Waals surface area contributed by atoms with Gasteiger partial charge in [-0.15, -0.1) is 0 Å². The van der Waals surface area contributed by atoms with Crippen LogP contribution in [0.5, 0.6) is 0 Å². The van der Waals surface area contributed by atoms with Crippen molar-refractivity contribution < 1.29 is 14.7 Å². The highest BCUT2D eigenvalue weighted by atomic mass is 35.5. The molecule has 0 spiro atoms. The number of halogens is 2. The maximum atomic E-state index is 11.8. The van der Waals surface area contributed by atoms with E-state index in [1.54, 1.807) is 13.0 Å². The van der Waals surface area contributed by atoms with Gasteiger partial charge in [-0.1, -0.05) is 30.1 Å². The summed E-state index contributed by atoms with van der Waals surface area (Å²) in [5.41, 5.74) is 0.305. The number of ketones is 1. The standard InChI is InChI=1S/C11H10Cl2O3/c1-6(4-10(14)15)11(16)8-3-2-7(12)5-9(8)13/h2-3,5-6H,4H2,1H3,(H,14,15). The smallest absolute Gasteiger partial charge is 0.304 e. The molecule has 1 unspecified atom stereocenters. The van der Waals surface area contributed by atoms with Gasteiger partial charge in [-0.25, -0.2) is 0 Å². The Balaban J connectivity index is 2.92. The topological polar surface area (TPSA) is 54.4 Å². The summed E-state index contributed by atoms with van der Waals surface area (Å²) in [6.07, 6.45) is -0.211. The van der Waals surface area contributed by atoms with Crippen molar-refractivity contribution in [1.29, 1.82) is 0 Å². The molecule has 1 rings (SSSR count). The first-order chi connectivity index (χ1) is 7.41. The van der Waals surface area contributed by atoms with Gasteiger partial charge in [0.25, 0.3) is 0 Å². The molecule has 0 aliphatic heterocycles. The van der Waals surface area contributed by atoms with Gasteiger partial charge in [0, 0.05) is 16.5 Å². The molecule has 1 N–H and O–H groups in total. The highest BCUT2D eigenvalue weighted by molar-refractivity contribution is 6.36. The number of rotatable bonds is 4. The van der Waals surface area contributed by atoms with Crippen molar-refractivity contribution in [2.75, 3.05) is 0 Å². The molecule has 86 valence electrons. The Morgan fingerprint density at radius 3 is 2.50 bits per heavy atom. The number of carboxylic acids is 1. The van der Waals surface area contributed by atoms with Crippen LogP contribution in [0.4, 0.5) is 0 Å².